The number of phenolic OH excluding ortho intramolecular Hbond substituents is 1. The minimum atomic E-state index is -0.752. The summed E-state index contributed by atoms with van der Waals surface area (Å²) in [6.45, 7) is 1.72. The fourth-order valence-corrected chi connectivity index (χ4v) is 1.76. The number of aromatic hydroxyl groups is 1. The van der Waals surface area contributed by atoms with E-state index in [0.717, 1.165) is 0 Å². The molecule has 2 aromatic rings. The maximum Gasteiger partial charge on any atom is 0.190 e. The summed E-state index contributed by atoms with van der Waals surface area (Å²) in [5.74, 6) is -1.75. The second-order valence-corrected chi connectivity index (χ2v) is 3.97. The van der Waals surface area contributed by atoms with Crippen molar-refractivity contribution in [2.75, 3.05) is 7.11 Å². The number of aryl methyl sites for hydroxylation is 1. The number of hydrogen-bond acceptors (Lipinski definition) is 2. The molecule has 18 heavy (non-hydrogen) atoms. The van der Waals surface area contributed by atoms with Crippen LogP contribution in [0.2, 0.25) is 0 Å². The topological polar surface area (TPSA) is 29.5 Å². The Hall–Kier alpha value is -2.10. The van der Waals surface area contributed by atoms with Crippen molar-refractivity contribution in [2.24, 2.45) is 0 Å². The first-order valence-corrected chi connectivity index (χ1v) is 5.36. The van der Waals surface area contributed by atoms with Gasteiger partial charge in [-0.15, -0.1) is 0 Å². The highest BCUT2D eigenvalue weighted by Gasteiger charge is 2.12. The Balaban J connectivity index is 2.54. The Morgan fingerprint density at radius 3 is 2.11 bits per heavy atom. The van der Waals surface area contributed by atoms with Gasteiger partial charge in [0.15, 0.2) is 17.4 Å². The van der Waals surface area contributed by atoms with Crippen LogP contribution < -0.4 is 4.74 Å². The zero-order valence-electron chi connectivity index (χ0n) is 10.00. The van der Waals surface area contributed by atoms with Crippen LogP contribution >= 0.6 is 0 Å². The molecule has 0 fully saturated rings. The second kappa shape index (κ2) is 4.64. The van der Waals surface area contributed by atoms with E-state index in [0.29, 0.717) is 16.7 Å². The molecule has 0 aliphatic rings. The Kier molecular flexibility index (Phi) is 3.19. The monoisotopic (exact) mass is 250 g/mol. The van der Waals surface area contributed by atoms with E-state index in [2.05, 4.69) is 4.74 Å². The Bertz CT molecular complexity index is 571. The molecule has 0 spiro atoms. The molecule has 2 nitrogen and oxygen atoms in total. The summed E-state index contributed by atoms with van der Waals surface area (Å²) in [6, 6.07) is 7.16. The first-order chi connectivity index (χ1) is 8.52. The SMILES string of the molecule is COc1c(F)cc(-c2ccc(O)c(C)c2)cc1F. The van der Waals surface area contributed by atoms with Gasteiger partial charge in [-0.3, -0.25) is 0 Å². The summed E-state index contributed by atoms with van der Waals surface area (Å²) in [7, 11) is 1.21. The normalized spacial score (nSPS) is 10.4. The van der Waals surface area contributed by atoms with Crippen LogP contribution in [0.3, 0.4) is 0 Å². The lowest BCUT2D eigenvalue weighted by molar-refractivity contribution is 0.360. The van der Waals surface area contributed by atoms with Crippen molar-refractivity contribution >= 4 is 0 Å². The minimum absolute atomic E-state index is 0.146. The highest BCUT2D eigenvalue weighted by atomic mass is 19.1. The van der Waals surface area contributed by atoms with Crippen LogP contribution in [0, 0.1) is 18.6 Å². The quantitative estimate of drug-likeness (QED) is 0.881. The summed E-state index contributed by atoms with van der Waals surface area (Å²) >= 11 is 0. The number of methoxy groups -OCH3 is 1. The summed E-state index contributed by atoms with van der Waals surface area (Å²) in [6.07, 6.45) is 0. The van der Waals surface area contributed by atoms with Crippen LogP contribution in [-0.4, -0.2) is 12.2 Å². The van der Waals surface area contributed by atoms with Crippen molar-refractivity contribution < 1.29 is 18.6 Å². The van der Waals surface area contributed by atoms with Gasteiger partial charge in [-0.25, -0.2) is 8.78 Å². The van der Waals surface area contributed by atoms with Gasteiger partial charge in [0.2, 0.25) is 0 Å². The summed E-state index contributed by atoms with van der Waals surface area (Å²) in [5.41, 5.74) is 1.67. The molecule has 0 aliphatic carbocycles. The standard InChI is InChI=1S/C14H12F2O2/c1-8-5-9(3-4-13(8)17)10-6-11(15)14(18-2)12(16)7-10/h3-7,17H,1-2H3. The fourth-order valence-electron chi connectivity index (χ4n) is 1.76. The number of benzene rings is 2. The minimum Gasteiger partial charge on any atom is -0.508 e. The van der Waals surface area contributed by atoms with Gasteiger partial charge in [-0.1, -0.05) is 6.07 Å². The number of halogens is 2. The van der Waals surface area contributed by atoms with Gasteiger partial charge in [-0.2, -0.15) is 0 Å². The predicted octanol–water partition coefficient (Wildman–Crippen LogP) is 3.65. The molecule has 0 heterocycles. The van der Waals surface area contributed by atoms with Crippen molar-refractivity contribution in [1.82, 2.24) is 0 Å². The summed E-state index contributed by atoms with van der Waals surface area (Å²) < 4.78 is 31.7. The first-order valence-electron chi connectivity index (χ1n) is 5.36. The van der Waals surface area contributed by atoms with E-state index in [1.54, 1.807) is 19.1 Å². The second-order valence-electron chi connectivity index (χ2n) is 3.97. The zero-order valence-corrected chi connectivity index (χ0v) is 10.00. The van der Waals surface area contributed by atoms with Crippen LogP contribution in [0.1, 0.15) is 5.56 Å². The molecule has 0 atom stereocenters. The highest BCUT2D eigenvalue weighted by Crippen LogP contribution is 2.30. The van der Waals surface area contributed by atoms with Crippen molar-refractivity contribution in [2.45, 2.75) is 6.92 Å². The third-order valence-electron chi connectivity index (χ3n) is 2.73. The maximum absolute atomic E-state index is 13.6. The van der Waals surface area contributed by atoms with Gasteiger partial charge in [0.25, 0.3) is 0 Å². The Morgan fingerprint density at radius 1 is 1.00 bits per heavy atom. The lowest BCUT2D eigenvalue weighted by Crippen LogP contribution is -1.94. The average Bonchev–Trinajstić information content (AvgIpc) is 2.32. The number of hydrogen-bond donors (Lipinski definition) is 1. The molecule has 0 bridgehead atoms. The van der Waals surface area contributed by atoms with E-state index in [4.69, 9.17) is 0 Å². The van der Waals surface area contributed by atoms with Gasteiger partial charge < -0.3 is 9.84 Å². The molecule has 0 saturated heterocycles. The van der Waals surface area contributed by atoms with Crippen LogP contribution in [0.5, 0.6) is 11.5 Å². The van der Waals surface area contributed by atoms with E-state index in [-0.39, 0.29) is 5.75 Å². The Morgan fingerprint density at radius 2 is 1.61 bits per heavy atom. The highest BCUT2D eigenvalue weighted by molar-refractivity contribution is 5.66. The van der Waals surface area contributed by atoms with Crippen LogP contribution in [-0.2, 0) is 0 Å². The average molecular weight is 250 g/mol. The van der Waals surface area contributed by atoms with Gasteiger partial charge in [0.1, 0.15) is 5.75 Å². The van der Waals surface area contributed by atoms with Gasteiger partial charge >= 0.3 is 0 Å². The maximum atomic E-state index is 13.6. The fraction of sp³-hybridized carbons (Fsp3) is 0.143. The van der Waals surface area contributed by atoms with E-state index >= 15 is 0 Å². The molecule has 2 rings (SSSR count). The third-order valence-corrected chi connectivity index (χ3v) is 2.73. The summed E-state index contributed by atoms with van der Waals surface area (Å²) in [5, 5.41) is 9.41. The van der Waals surface area contributed by atoms with Gasteiger partial charge in [-0.05, 0) is 47.9 Å². The molecule has 94 valence electrons. The van der Waals surface area contributed by atoms with Crippen molar-refractivity contribution in [3.8, 4) is 22.6 Å². The largest absolute Gasteiger partial charge is 0.508 e. The lowest BCUT2D eigenvalue weighted by atomic mass is 10.0. The number of rotatable bonds is 2. The smallest absolute Gasteiger partial charge is 0.190 e. The van der Waals surface area contributed by atoms with Crippen molar-refractivity contribution in [1.29, 1.82) is 0 Å². The molecule has 0 radical (unpaired) electrons. The van der Waals surface area contributed by atoms with Crippen LogP contribution in [0.15, 0.2) is 30.3 Å². The van der Waals surface area contributed by atoms with Gasteiger partial charge in [0, 0.05) is 0 Å². The molecule has 0 aliphatic heterocycles. The van der Waals surface area contributed by atoms with E-state index in [1.165, 1.54) is 25.3 Å². The molecule has 1 N–H and O–H groups in total. The zero-order chi connectivity index (χ0) is 13.3. The first kappa shape index (κ1) is 12.4. The van der Waals surface area contributed by atoms with Crippen LogP contribution in [0.25, 0.3) is 11.1 Å². The molecule has 0 saturated carbocycles. The molecule has 0 aromatic heterocycles. The van der Waals surface area contributed by atoms with Crippen LogP contribution in [0.4, 0.5) is 8.78 Å². The molecule has 4 heteroatoms. The van der Waals surface area contributed by atoms with E-state index in [1.807, 2.05) is 0 Å². The number of phenols is 1. The lowest BCUT2D eigenvalue weighted by Gasteiger charge is -2.08. The summed E-state index contributed by atoms with van der Waals surface area (Å²) in [4.78, 5) is 0. The van der Waals surface area contributed by atoms with Crippen molar-refractivity contribution in [3.05, 3.63) is 47.5 Å². The molecule has 0 amide bonds. The number of ether oxygens (including phenoxy) is 1. The predicted molar refractivity (Wildman–Crippen MR) is 64.7 cm³/mol. The van der Waals surface area contributed by atoms with E-state index in [9.17, 15) is 13.9 Å². The molecule has 0 unspecified atom stereocenters. The van der Waals surface area contributed by atoms with Gasteiger partial charge in [0.05, 0.1) is 7.11 Å². The molecular weight excluding hydrogens is 238 g/mol. The molecular formula is C14H12F2O2. The van der Waals surface area contributed by atoms with E-state index < -0.39 is 17.4 Å². The molecule has 2 aromatic carbocycles. The Labute approximate surface area is 103 Å². The third kappa shape index (κ3) is 2.14. The van der Waals surface area contributed by atoms with Crippen molar-refractivity contribution in [3.63, 3.8) is 0 Å².